The number of ether oxygens (including phenoxy) is 1. The number of rotatable bonds is 6. The van der Waals surface area contributed by atoms with Crippen molar-refractivity contribution in [1.82, 2.24) is 10.2 Å². The normalized spacial score (nSPS) is 20.6. The van der Waals surface area contributed by atoms with Gasteiger partial charge >= 0.3 is 0 Å². The molecular formula is C13H28N2O. The Kier molecular flexibility index (Phi) is 5.73. The summed E-state index contributed by atoms with van der Waals surface area (Å²) in [5, 5.41) is 3.60. The molecule has 1 rings (SSSR count). The summed E-state index contributed by atoms with van der Waals surface area (Å²) in [5.41, 5.74) is 0.424. The highest BCUT2D eigenvalue weighted by Crippen LogP contribution is 2.30. The minimum absolute atomic E-state index is 0.424. The monoisotopic (exact) mass is 228 g/mol. The first-order chi connectivity index (χ1) is 7.58. The molecule has 0 unspecified atom stereocenters. The fraction of sp³-hybridized carbons (Fsp3) is 1.00. The summed E-state index contributed by atoms with van der Waals surface area (Å²) in [6, 6.07) is 0.576. The molecule has 0 amide bonds. The van der Waals surface area contributed by atoms with Gasteiger partial charge in [0.2, 0.25) is 0 Å². The highest BCUT2D eigenvalue weighted by atomic mass is 16.5. The first kappa shape index (κ1) is 13.9. The van der Waals surface area contributed by atoms with Crippen LogP contribution in [0.5, 0.6) is 0 Å². The number of nitrogens with zero attached hydrogens (tertiary/aromatic N) is 1. The summed E-state index contributed by atoms with van der Waals surface area (Å²) in [7, 11) is 2.21. The van der Waals surface area contributed by atoms with Gasteiger partial charge in [-0.3, -0.25) is 0 Å². The molecule has 16 heavy (non-hydrogen) atoms. The zero-order chi connectivity index (χ0) is 12.0. The molecule has 3 heteroatoms. The van der Waals surface area contributed by atoms with Gasteiger partial charge in [-0.25, -0.2) is 0 Å². The van der Waals surface area contributed by atoms with Crippen molar-refractivity contribution in [3.05, 3.63) is 0 Å². The Morgan fingerprint density at radius 1 is 1.31 bits per heavy atom. The maximum atomic E-state index is 5.50. The largest absolute Gasteiger partial charge is 0.381 e. The molecule has 0 aromatic carbocycles. The summed E-state index contributed by atoms with van der Waals surface area (Å²) in [5.74, 6) is 0. The van der Waals surface area contributed by atoms with Crippen molar-refractivity contribution < 1.29 is 4.74 Å². The Labute approximate surface area is 101 Å². The highest BCUT2D eigenvalue weighted by Gasteiger charge is 2.33. The van der Waals surface area contributed by atoms with Crippen LogP contribution in [0.25, 0.3) is 0 Å². The van der Waals surface area contributed by atoms with Gasteiger partial charge in [0.15, 0.2) is 0 Å². The second kappa shape index (κ2) is 6.58. The lowest BCUT2D eigenvalue weighted by Gasteiger charge is -2.40. The summed E-state index contributed by atoms with van der Waals surface area (Å²) >= 11 is 0. The van der Waals surface area contributed by atoms with Gasteiger partial charge in [0.05, 0.1) is 0 Å². The van der Waals surface area contributed by atoms with Crippen LogP contribution in [0.1, 0.15) is 33.6 Å². The van der Waals surface area contributed by atoms with E-state index in [1.165, 1.54) is 19.4 Å². The number of nitrogens with one attached hydrogen (secondary N) is 1. The van der Waals surface area contributed by atoms with Gasteiger partial charge < -0.3 is 15.0 Å². The minimum atomic E-state index is 0.424. The fourth-order valence-electron chi connectivity index (χ4n) is 2.30. The van der Waals surface area contributed by atoms with Crippen molar-refractivity contribution in [1.29, 1.82) is 0 Å². The minimum Gasteiger partial charge on any atom is -0.381 e. The molecule has 1 aliphatic rings. The molecule has 1 saturated heterocycles. The van der Waals surface area contributed by atoms with Crippen LogP contribution in [0.3, 0.4) is 0 Å². The van der Waals surface area contributed by atoms with Crippen molar-refractivity contribution in [2.24, 2.45) is 5.41 Å². The predicted molar refractivity (Wildman–Crippen MR) is 68.8 cm³/mol. The van der Waals surface area contributed by atoms with E-state index >= 15 is 0 Å². The number of hydrogen-bond donors (Lipinski definition) is 1. The zero-order valence-corrected chi connectivity index (χ0v) is 11.4. The third kappa shape index (κ3) is 4.40. The Morgan fingerprint density at radius 2 is 1.94 bits per heavy atom. The molecule has 0 aromatic rings. The van der Waals surface area contributed by atoms with E-state index in [-0.39, 0.29) is 0 Å². The molecule has 0 saturated carbocycles. The van der Waals surface area contributed by atoms with Crippen LogP contribution >= 0.6 is 0 Å². The van der Waals surface area contributed by atoms with Gasteiger partial charge in [-0.15, -0.1) is 0 Å². The Bertz CT molecular complexity index is 188. The molecule has 0 aromatic heterocycles. The van der Waals surface area contributed by atoms with Gasteiger partial charge in [-0.2, -0.15) is 0 Å². The van der Waals surface area contributed by atoms with Crippen LogP contribution in [-0.2, 0) is 4.74 Å². The first-order valence-corrected chi connectivity index (χ1v) is 6.58. The topological polar surface area (TPSA) is 24.5 Å². The molecule has 0 atom stereocenters. The van der Waals surface area contributed by atoms with E-state index in [1.807, 2.05) is 0 Å². The third-order valence-corrected chi connectivity index (χ3v) is 3.58. The average Bonchev–Trinajstić information content (AvgIpc) is 2.28. The van der Waals surface area contributed by atoms with E-state index < -0.39 is 0 Å². The maximum Gasteiger partial charge on any atom is 0.0472 e. The van der Waals surface area contributed by atoms with Crippen LogP contribution in [0.2, 0.25) is 0 Å². The molecule has 0 radical (unpaired) electrons. The average molecular weight is 228 g/mol. The molecule has 0 spiro atoms. The lowest BCUT2D eigenvalue weighted by atomic mass is 9.79. The maximum absolute atomic E-state index is 5.50. The van der Waals surface area contributed by atoms with Gasteiger partial charge in [0, 0.05) is 32.3 Å². The summed E-state index contributed by atoms with van der Waals surface area (Å²) in [4.78, 5) is 2.42. The van der Waals surface area contributed by atoms with E-state index in [1.54, 1.807) is 0 Å². The van der Waals surface area contributed by atoms with E-state index in [4.69, 9.17) is 4.74 Å². The fourth-order valence-corrected chi connectivity index (χ4v) is 2.30. The number of hydrogen-bond acceptors (Lipinski definition) is 3. The van der Waals surface area contributed by atoms with Crippen molar-refractivity contribution in [2.75, 3.05) is 39.9 Å². The van der Waals surface area contributed by atoms with Crippen LogP contribution in [0, 0.1) is 5.41 Å². The Morgan fingerprint density at radius 3 is 2.44 bits per heavy atom. The first-order valence-electron chi connectivity index (χ1n) is 6.58. The van der Waals surface area contributed by atoms with Crippen LogP contribution in [0.15, 0.2) is 0 Å². The van der Waals surface area contributed by atoms with E-state index in [9.17, 15) is 0 Å². The van der Waals surface area contributed by atoms with Crippen LogP contribution in [-0.4, -0.2) is 50.8 Å². The Hall–Kier alpha value is -0.120. The summed E-state index contributed by atoms with van der Waals surface area (Å²) in [6.07, 6.45) is 2.38. The molecule has 1 aliphatic heterocycles. The lowest BCUT2D eigenvalue weighted by Crippen LogP contribution is -2.47. The molecule has 1 N–H and O–H groups in total. The van der Waals surface area contributed by atoms with E-state index in [0.717, 1.165) is 26.3 Å². The zero-order valence-electron chi connectivity index (χ0n) is 11.4. The van der Waals surface area contributed by atoms with Gasteiger partial charge in [0.25, 0.3) is 0 Å². The quantitative estimate of drug-likeness (QED) is 0.749. The molecule has 96 valence electrons. The molecule has 0 bridgehead atoms. The lowest BCUT2D eigenvalue weighted by molar-refractivity contribution is -0.000764. The standard InChI is InChI=1S/C13H28N2O/c1-5-15(4)11-13(10-14-12(2)3)6-8-16-9-7-13/h12,14H,5-11H2,1-4H3. The third-order valence-electron chi connectivity index (χ3n) is 3.58. The summed E-state index contributed by atoms with van der Waals surface area (Å²) < 4.78 is 5.50. The van der Waals surface area contributed by atoms with Crippen LogP contribution in [0.4, 0.5) is 0 Å². The molecule has 1 fully saturated rings. The van der Waals surface area contributed by atoms with Gasteiger partial charge in [-0.1, -0.05) is 20.8 Å². The summed E-state index contributed by atoms with van der Waals surface area (Å²) in [6.45, 7) is 12.0. The molecule has 3 nitrogen and oxygen atoms in total. The molecule has 0 aliphatic carbocycles. The van der Waals surface area contributed by atoms with Gasteiger partial charge in [-0.05, 0) is 31.8 Å². The smallest absolute Gasteiger partial charge is 0.0472 e. The van der Waals surface area contributed by atoms with Crippen LogP contribution < -0.4 is 5.32 Å². The van der Waals surface area contributed by atoms with Crippen molar-refractivity contribution >= 4 is 0 Å². The second-order valence-electron chi connectivity index (χ2n) is 5.48. The Balaban J connectivity index is 2.52. The van der Waals surface area contributed by atoms with E-state index in [0.29, 0.717) is 11.5 Å². The second-order valence-corrected chi connectivity index (χ2v) is 5.48. The highest BCUT2D eigenvalue weighted by molar-refractivity contribution is 4.87. The predicted octanol–water partition coefficient (Wildman–Crippen LogP) is 1.73. The van der Waals surface area contributed by atoms with Gasteiger partial charge in [0.1, 0.15) is 0 Å². The van der Waals surface area contributed by atoms with Crippen molar-refractivity contribution in [2.45, 2.75) is 39.7 Å². The SMILES string of the molecule is CCN(C)CC1(CNC(C)C)CCOCC1. The molecule has 1 heterocycles. The van der Waals surface area contributed by atoms with Crippen molar-refractivity contribution in [3.63, 3.8) is 0 Å². The molecular weight excluding hydrogens is 200 g/mol. The van der Waals surface area contributed by atoms with E-state index in [2.05, 4.69) is 38.0 Å². The van der Waals surface area contributed by atoms with Crippen molar-refractivity contribution in [3.8, 4) is 0 Å².